The van der Waals surface area contributed by atoms with E-state index in [9.17, 15) is 0 Å². The minimum Gasteiger partial charge on any atom is -0.317 e. The number of terminal acetylenes is 1. The summed E-state index contributed by atoms with van der Waals surface area (Å²) < 4.78 is 0. The van der Waals surface area contributed by atoms with E-state index in [1.807, 2.05) is 7.05 Å². The summed E-state index contributed by atoms with van der Waals surface area (Å²) in [5.41, 5.74) is 0.0302. The first-order valence-corrected chi connectivity index (χ1v) is 3.67. The Bertz CT molecular complexity index is 130. The van der Waals surface area contributed by atoms with Gasteiger partial charge in [-0.25, -0.2) is 0 Å². The van der Waals surface area contributed by atoms with E-state index in [0.717, 1.165) is 6.42 Å². The third-order valence-corrected chi connectivity index (χ3v) is 1.70. The van der Waals surface area contributed by atoms with Gasteiger partial charge in [0.1, 0.15) is 0 Å². The molecule has 0 radical (unpaired) electrons. The molecule has 0 saturated heterocycles. The minimum atomic E-state index is 0.0302. The van der Waals surface area contributed by atoms with Gasteiger partial charge in [-0.2, -0.15) is 0 Å². The summed E-state index contributed by atoms with van der Waals surface area (Å²) >= 11 is 0. The Morgan fingerprint density at radius 3 is 2.40 bits per heavy atom. The SMILES string of the molecule is C#CC(C)(C)CC(C)NC. The Morgan fingerprint density at radius 1 is 1.60 bits per heavy atom. The van der Waals surface area contributed by atoms with Crippen molar-refractivity contribution in [2.45, 2.75) is 33.2 Å². The Hall–Kier alpha value is -0.480. The third-order valence-electron chi connectivity index (χ3n) is 1.70. The van der Waals surface area contributed by atoms with Crippen molar-refractivity contribution in [1.82, 2.24) is 5.32 Å². The summed E-state index contributed by atoms with van der Waals surface area (Å²) in [4.78, 5) is 0. The third kappa shape index (κ3) is 3.53. The molecule has 0 heterocycles. The van der Waals surface area contributed by atoms with Gasteiger partial charge >= 0.3 is 0 Å². The predicted molar refractivity (Wildman–Crippen MR) is 45.8 cm³/mol. The topological polar surface area (TPSA) is 12.0 Å². The maximum absolute atomic E-state index is 5.33. The predicted octanol–water partition coefficient (Wildman–Crippen LogP) is 1.64. The zero-order valence-electron chi connectivity index (χ0n) is 7.36. The summed E-state index contributed by atoms with van der Waals surface area (Å²) in [5.74, 6) is 2.77. The van der Waals surface area contributed by atoms with Gasteiger partial charge in [-0.15, -0.1) is 12.3 Å². The molecule has 1 atom stereocenters. The highest BCUT2D eigenvalue weighted by molar-refractivity contribution is 5.01. The quantitative estimate of drug-likeness (QED) is 0.586. The van der Waals surface area contributed by atoms with Gasteiger partial charge in [-0.1, -0.05) is 0 Å². The van der Waals surface area contributed by atoms with Crippen LogP contribution in [0.1, 0.15) is 27.2 Å². The first kappa shape index (κ1) is 9.52. The Kier molecular flexibility index (Phi) is 3.46. The van der Waals surface area contributed by atoms with E-state index >= 15 is 0 Å². The van der Waals surface area contributed by atoms with Gasteiger partial charge < -0.3 is 5.32 Å². The van der Waals surface area contributed by atoms with Gasteiger partial charge in [0.05, 0.1) is 0 Å². The zero-order chi connectivity index (χ0) is 8.20. The van der Waals surface area contributed by atoms with Crippen LogP contribution in [0, 0.1) is 17.8 Å². The molecule has 0 rings (SSSR count). The number of rotatable bonds is 3. The lowest BCUT2D eigenvalue weighted by atomic mass is 9.87. The molecule has 0 aromatic rings. The number of hydrogen-bond acceptors (Lipinski definition) is 1. The second-order valence-corrected chi connectivity index (χ2v) is 3.42. The maximum Gasteiger partial charge on any atom is 0.0270 e. The normalized spacial score (nSPS) is 14.3. The largest absolute Gasteiger partial charge is 0.317 e. The Labute approximate surface area is 64.2 Å². The molecule has 1 nitrogen and oxygen atoms in total. The van der Waals surface area contributed by atoms with Crippen LogP contribution >= 0.6 is 0 Å². The van der Waals surface area contributed by atoms with Gasteiger partial charge in [-0.05, 0) is 34.2 Å². The molecule has 58 valence electrons. The second kappa shape index (κ2) is 3.63. The van der Waals surface area contributed by atoms with Gasteiger partial charge in [0.25, 0.3) is 0 Å². The lowest BCUT2D eigenvalue weighted by Crippen LogP contribution is -2.27. The Morgan fingerprint density at radius 2 is 2.10 bits per heavy atom. The van der Waals surface area contributed by atoms with Crippen LogP contribution in [0.4, 0.5) is 0 Å². The monoisotopic (exact) mass is 139 g/mol. The molecule has 0 fully saturated rings. The molecule has 0 saturated carbocycles. The molecule has 10 heavy (non-hydrogen) atoms. The van der Waals surface area contributed by atoms with Crippen LogP contribution in [0.2, 0.25) is 0 Å². The maximum atomic E-state index is 5.33. The van der Waals surface area contributed by atoms with E-state index < -0.39 is 0 Å². The van der Waals surface area contributed by atoms with Crippen molar-refractivity contribution in [1.29, 1.82) is 0 Å². The average Bonchev–Trinajstić information content (AvgIpc) is 1.87. The number of hydrogen-bond donors (Lipinski definition) is 1. The highest BCUT2D eigenvalue weighted by Gasteiger charge is 2.16. The Balaban J connectivity index is 3.79. The minimum absolute atomic E-state index is 0.0302. The lowest BCUT2D eigenvalue weighted by Gasteiger charge is -2.21. The molecule has 1 heteroatoms. The van der Waals surface area contributed by atoms with Crippen molar-refractivity contribution in [3.63, 3.8) is 0 Å². The van der Waals surface area contributed by atoms with Gasteiger partial charge in [0.15, 0.2) is 0 Å². The van der Waals surface area contributed by atoms with Crippen LogP contribution in [-0.4, -0.2) is 13.1 Å². The van der Waals surface area contributed by atoms with Gasteiger partial charge in [0, 0.05) is 11.5 Å². The summed E-state index contributed by atoms with van der Waals surface area (Å²) in [6, 6.07) is 0.506. The summed E-state index contributed by atoms with van der Waals surface area (Å²) in [5, 5.41) is 3.16. The van der Waals surface area contributed by atoms with Gasteiger partial charge in [0.2, 0.25) is 0 Å². The molecular weight excluding hydrogens is 122 g/mol. The van der Waals surface area contributed by atoms with E-state index in [2.05, 4.69) is 32.0 Å². The highest BCUT2D eigenvalue weighted by Crippen LogP contribution is 2.20. The van der Waals surface area contributed by atoms with Crippen molar-refractivity contribution >= 4 is 0 Å². The summed E-state index contributed by atoms with van der Waals surface area (Å²) in [6.07, 6.45) is 6.36. The van der Waals surface area contributed by atoms with E-state index in [0.29, 0.717) is 6.04 Å². The average molecular weight is 139 g/mol. The molecule has 1 unspecified atom stereocenters. The van der Waals surface area contributed by atoms with Crippen LogP contribution in [0.3, 0.4) is 0 Å². The second-order valence-electron chi connectivity index (χ2n) is 3.42. The first-order valence-electron chi connectivity index (χ1n) is 3.67. The molecule has 1 N–H and O–H groups in total. The van der Waals surface area contributed by atoms with Gasteiger partial charge in [-0.3, -0.25) is 0 Å². The fourth-order valence-electron chi connectivity index (χ4n) is 0.926. The molecule has 0 aliphatic rings. The molecule has 0 aliphatic carbocycles. The fraction of sp³-hybridized carbons (Fsp3) is 0.778. The van der Waals surface area contributed by atoms with Crippen molar-refractivity contribution in [2.75, 3.05) is 7.05 Å². The number of nitrogens with one attached hydrogen (secondary N) is 1. The lowest BCUT2D eigenvalue weighted by molar-refractivity contribution is 0.388. The zero-order valence-corrected chi connectivity index (χ0v) is 7.36. The van der Waals surface area contributed by atoms with Crippen LogP contribution in [0.15, 0.2) is 0 Å². The molecule has 0 spiro atoms. The van der Waals surface area contributed by atoms with E-state index in [-0.39, 0.29) is 5.41 Å². The van der Waals surface area contributed by atoms with Crippen LogP contribution in [0.25, 0.3) is 0 Å². The van der Waals surface area contributed by atoms with Crippen LogP contribution < -0.4 is 5.32 Å². The highest BCUT2D eigenvalue weighted by atomic mass is 14.9. The molecule has 0 amide bonds. The van der Waals surface area contributed by atoms with E-state index in [4.69, 9.17) is 6.42 Å². The van der Waals surface area contributed by atoms with Crippen molar-refractivity contribution in [3.8, 4) is 12.3 Å². The van der Waals surface area contributed by atoms with E-state index in [1.54, 1.807) is 0 Å². The molecule has 0 aliphatic heterocycles. The molecule has 0 aromatic heterocycles. The standard InChI is InChI=1S/C9H17N/c1-6-9(3,4)7-8(2)10-5/h1,8,10H,7H2,2-5H3. The van der Waals surface area contributed by atoms with Crippen LogP contribution in [0.5, 0.6) is 0 Å². The molecular formula is C9H17N. The molecule has 0 bridgehead atoms. The fourth-order valence-corrected chi connectivity index (χ4v) is 0.926. The molecule has 0 aromatic carbocycles. The first-order chi connectivity index (χ1) is 4.52. The van der Waals surface area contributed by atoms with Crippen molar-refractivity contribution < 1.29 is 0 Å². The summed E-state index contributed by atoms with van der Waals surface area (Å²) in [6.45, 7) is 6.31. The smallest absolute Gasteiger partial charge is 0.0270 e. The van der Waals surface area contributed by atoms with Crippen LogP contribution in [-0.2, 0) is 0 Å². The van der Waals surface area contributed by atoms with E-state index in [1.165, 1.54) is 0 Å². The van der Waals surface area contributed by atoms with Crippen molar-refractivity contribution in [2.24, 2.45) is 5.41 Å². The van der Waals surface area contributed by atoms with Crippen molar-refractivity contribution in [3.05, 3.63) is 0 Å². The summed E-state index contributed by atoms with van der Waals surface area (Å²) in [7, 11) is 1.96.